The lowest BCUT2D eigenvalue weighted by molar-refractivity contribution is 0.385. The predicted octanol–water partition coefficient (Wildman–Crippen LogP) is 1.37. The molecule has 0 unspecified atom stereocenters. The third-order valence-corrected chi connectivity index (χ3v) is 1.81. The van der Waals surface area contributed by atoms with Crippen LogP contribution < -0.4 is 5.32 Å². The van der Waals surface area contributed by atoms with Crippen LogP contribution in [0.15, 0.2) is 24.3 Å². The van der Waals surface area contributed by atoms with Gasteiger partial charge in [0.05, 0.1) is 6.67 Å². The lowest BCUT2D eigenvalue weighted by atomic mass is 10.1. The molecule has 0 bridgehead atoms. The minimum Gasteiger partial charge on any atom is -0.784 e. The second-order valence-corrected chi connectivity index (χ2v) is 2.63. The number of hydrogen-bond acceptors (Lipinski definition) is 3. The van der Waals surface area contributed by atoms with Gasteiger partial charge in [-0.05, 0) is 11.6 Å². The van der Waals surface area contributed by atoms with Gasteiger partial charge >= 0.3 is 0 Å². The molecule has 0 amide bonds. The zero-order valence-electron chi connectivity index (χ0n) is 6.08. The Labute approximate surface area is 65.2 Å². The number of fused-ring (bicyclic) bond motifs is 1. The standard InChI is InChI=1S/C8H9N2O/c11-10-5-7-3-1-2-4-8(7)9-6-10/h1-4,9H,5-6H2/q-1. The van der Waals surface area contributed by atoms with E-state index in [1.54, 1.807) is 0 Å². The average Bonchev–Trinajstić information content (AvgIpc) is 2.04. The summed E-state index contributed by atoms with van der Waals surface area (Å²) < 4.78 is 0. The number of hydrogen-bond donors (Lipinski definition) is 1. The first-order chi connectivity index (χ1) is 5.36. The van der Waals surface area contributed by atoms with Gasteiger partial charge in [-0.3, -0.25) is 0 Å². The van der Waals surface area contributed by atoms with Gasteiger partial charge in [0.15, 0.2) is 0 Å². The van der Waals surface area contributed by atoms with Crippen molar-refractivity contribution < 1.29 is 0 Å². The Bertz CT molecular complexity index is 262. The minimum absolute atomic E-state index is 0.400. The van der Waals surface area contributed by atoms with Gasteiger partial charge in [-0.15, -0.1) is 0 Å². The predicted molar refractivity (Wildman–Crippen MR) is 43.8 cm³/mol. The Morgan fingerprint density at radius 3 is 3.09 bits per heavy atom. The van der Waals surface area contributed by atoms with Gasteiger partial charge < -0.3 is 15.6 Å². The van der Waals surface area contributed by atoms with E-state index in [-0.39, 0.29) is 0 Å². The first-order valence-corrected chi connectivity index (χ1v) is 3.60. The molecule has 1 aromatic rings. The van der Waals surface area contributed by atoms with Crippen molar-refractivity contribution >= 4 is 5.69 Å². The number of anilines is 1. The molecular formula is C8H9N2O-. The van der Waals surface area contributed by atoms with Gasteiger partial charge in [-0.1, -0.05) is 18.2 Å². The van der Waals surface area contributed by atoms with E-state index >= 15 is 0 Å². The van der Waals surface area contributed by atoms with Crippen LogP contribution in [0.2, 0.25) is 0 Å². The molecule has 0 aliphatic carbocycles. The SMILES string of the molecule is [O-]N1CNc2ccccc2C1. The first-order valence-electron chi connectivity index (χ1n) is 3.60. The second kappa shape index (κ2) is 2.53. The summed E-state index contributed by atoms with van der Waals surface area (Å²) in [6.45, 7) is 0.903. The highest BCUT2D eigenvalue weighted by Gasteiger charge is 2.06. The molecule has 1 aliphatic rings. The molecule has 1 heterocycles. The number of nitrogens with one attached hydrogen (secondary N) is 1. The molecule has 0 saturated carbocycles. The van der Waals surface area contributed by atoms with Crippen molar-refractivity contribution in [1.29, 1.82) is 0 Å². The monoisotopic (exact) mass is 149 g/mol. The summed E-state index contributed by atoms with van der Waals surface area (Å²) in [5, 5.41) is 14.9. The molecule has 0 atom stereocenters. The van der Waals surface area contributed by atoms with Crippen LogP contribution in [0.5, 0.6) is 0 Å². The lowest BCUT2D eigenvalue weighted by Crippen LogP contribution is -2.28. The normalized spacial score (nSPS) is 17.2. The molecule has 3 heteroatoms. The third kappa shape index (κ3) is 1.20. The van der Waals surface area contributed by atoms with Crippen LogP contribution in [0.1, 0.15) is 5.56 Å². The quantitative estimate of drug-likeness (QED) is 0.605. The Hall–Kier alpha value is -1.06. The smallest absolute Gasteiger partial charge is 0.0567 e. The van der Waals surface area contributed by atoms with E-state index in [1.807, 2.05) is 24.3 Å². The fourth-order valence-corrected chi connectivity index (χ4v) is 1.25. The number of para-hydroxylation sites is 1. The summed E-state index contributed by atoms with van der Waals surface area (Å²) in [6, 6.07) is 7.86. The van der Waals surface area contributed by atoms with E-state index in [1.165, 1.54) is 0 Å². The van der Waals surface area contributed by atoms with Crippen LogP contribution in [0.4, 0.5) is 5.69 Å². The first kappa shape index (κ1) is 6.64. The zero-order valence-corrected chi connectivity index (χ0v) is 6.08. The Morgan fingerprint density at radius 2 is 2.18 bits per heavy atom. The van der Waals surface area contributed by atoms with Crippen LogP contribution in [-0.4, -0.2) is 11.7 Å². The minimum atomic E-state index is 0.400. The van der Waals surface area contributed by atoms with Gasteiger partial charge in [0.2, 0.25) is 0 Å². The molecule has 0 saturated heterocycles. The van der Waals surface area contributed by atoms with Crippen LogP contribution in [0.3, 0.4) is 0 Å². The summed E-state index contributed by atoms with van der Waals surface area (Å²) in [7, 11) is 0. The van der Waals surface area contributed by atoms with E-state index in [9.17, 15) is 5.21 Å². The van der Waals surface area contributed by atoms with Gasteiger partial charge in [-0.25, -0.2) is 0 Å². The largest absolute Gasteiger partial charge is 0.784 e. The lowest BCUT2D eigenvalue weighted by Gasteiger charge is -2.34. The summed E-state index contributed by atoms with van der Waals surface area (Å²) in [5.74, 6) is 0. The molecule has 1 aromatic carbocycles. The zero-order chi connectivity index (χ0) is 7.68. The van der Waals surface area contributed by atoms with Crippen molar-refractivity contribution in [3.63, 3.8) is 0 Å². The van der Waals surface area contributed by atoms with Crippen LogP contribution in [0.25, 0.3) is 0 Å². The Morgan fingerprint density at radius 1 is 1.36 bits per heavy atom. The third-order valence-electron chi connectivity index (χ3n) is 1.81. The summed E-state index contributed by atoms with van der Waals surface area (Å²) in [6.07, 6.45) is 0. The second-order valence-electron chi connectivity index (χ2n) is 2.63. The summed E-state index contributed by atoms with van der Waals surface area (Å²) in [5.41, 5.74) is 2.16. The molecule has 1 aliphatic heterocycles. The van der Waals surface area contributed by atoms with Crippen LogP contribution in [0, 0.1) is 5.21 Å². The summed E-state index contributed by atoms with van der Waals surface area (Å²) in [4.78, 5) is 0. The molecule has 2 rings (SSSR count). The van der Waals surface area contributed by atoms with Gasteiger partial charge in [-0.2, -0.15) is 0 Å². The number of benzene rings is 1. The average molecular weight is 149 g/mol. The van der Waals surface area contributed by atoms with Gasteiger partial charge in [0.1, 0.15) is 0 Å². The van der Waals surface area contributed by atoms with E-state index in [2.05, 4.69) is 5.32 Å². The molecule has 0 spiro atoms. The highest BCUT2D eigenvalue weighted by Crippen LogP contribution is 2.20. The highest BCUT2D eigenvalue weighted by molar-refractivity contribution is 5.52. The molecule has 0 radical (unpaired) electrons. The maximum Gasteiger partial charge on any atom is 0.0567 e. The molecule has 0 aromatic heterocycles. The number of rotatable bonds is 0. The fourth-order valence-electron chi connectivity index (χ4n) is 1.25. The van der Waals surface area contributed by atoms with E-state index < -0.39 is 0 Å². The van der Waals surface area contributed by atoms with E-state index in [0.717, 1.165) is 16.3 Å². The Balaban J connectivity index is 2.34. The fraction of sp³-hybridized carbons (Fsp3) is 0.250. The number of hydroxylamine groups is 2. The molecule has 11 heavy (non-hydrogen) atoms. The van der Waals surface area contributed by atoms with Crippen LogP contribution in [-0.2, 0) is 6.54 Å². The van der Waals surface area contributed by atoms with Crippen molar-refractivity contribution in [2.24, 2.45) is 0 Å². The van der Waals surface area contributed by atoms with Crippen LogP contribution >= 0.6 is 0 Å². The topological polar surface area (TPSA) is 38.3 Å². The molecule has 1 N–H and O–H groups in total. The number of nitrogens with zero attached hydrogens (tertiary/aromatic N) is 1. The van der Waals surface area contributed by atoms with E-state index in [4.69, 9.17) is 0 Å². The van der Waals surface area contributed by atoms with Crippen molar-refractivity contribution in [3.05, 3.63) is 35.0 Å². The molecule has 3 nitrogen and oxygen atoms in total. The molecule has 58 valence electrons. The van der Waals surface area contributed by atoms with Crippen molar-refractivity contribution in [2.75, 3.05) is 12.0 Å². The van der Waals surface area contributed by atoms with Crippen molar-refractivity contribution in [1.82, 2.24) is 5.06 Å². The maximum atomic E-state index is 10.9. The summed E-state index contributed by atoms with van der Waals surface area (Å²) >= 11 is 0. The van der Waals surface area contributed by atoms with Crippen molar-refractivity contribution in [2.45, 2.75) is 6.54 Å². The van der Waals surface area contributed by atoms with Crippen molar-refractivity contribution in [3.8, 4) is 0 Å². The van der Waals surface area contributed by atoms with E-state index in [0.29, 0.717) is 13.2 Å². The highest BCUT2D eigenvalue weighted by atomic mass is 16.5. The van der Waals surface area contributed by atoms with Gasteiger partial charge in [0, 0.05) is 12.2 Å². The Kier molecular flexibility index (Phi) is 1.52. The molecule has 0 fully saturated rings. The maximum absolute atomic E-state index is 10.9. The van der Waals surface area contributed by atoms with Gasteiger partial charge in [0.25, 0.3) is 0 Å². The molecular weight excluding hydrogens is 140 g/mol.